The van der Waals surface area contributed by atoms with Crippen molar-refractivity contribution in [2.24, 2.45) is 0 Å². The van der Waals surface area contributed by atoms with E-state index in [0.717, 1.165) is 30.8 Å². The highest BCUT2D eigenvalue weighted by atomic mass is 16.6. The summed E-state index contributed by atoms with van der Waals surface area (Å²) < 4.78 is 10.3. The third-order valence-electron chi connectivity index (χ3n) is 6.50. The first-order valence-electron chi connectivity index (χ1n) is 12.9. The van der Waals surface area contributed by atoms with E-state index in [-0.39, 0.29) is 24.4 Å². The molecule has 2 aromatic carbocycles. The van der Waals surface area contributed by atoms with Crippen molar-refractivity contribution in [1.29, 1.82) is 0 Å². The van der Waals surface area contributed by atoms with Crippen molar-refractivity contribution in [1.82, 2.24) is 15.2 Å². The fourth-order valence-electron chi connectivity index (χ4n) is 4.29. The monoisotopic (exact) mass is 548 g/mol. The van der Waals surface area contributed by atoms with Crippen LogP contribution in [0, 0.1) is 10.1 Å². The van der Waals surface area contributed by atoms with Gasteiger partial charge in [-0.15, -0.1) is 0 Å². The maximum atomic E-state index is 13.3. The van der Waals surface area contributed by atoms with E-state index in [1.54, 1.807) is 55.9 Å². The second kappa shape index (κ2) is 14.0. The van der Waals surface area contributed by atoms with Crippen LogP contribution in [0.2, 0.25) is 0 Å². The molecule has 40 heavy (non-hydrogen) atoms. The molecule has 1 aliphatic rings. The summed E-state index contributed by atoms with van der Waals surface area (Å²) in [5.74, 6) is -0.439. The van der Waals surface area contributed by atoms with Gasteiger partial charge in [0.05, 0.1) is 22.8 Å². The Morgan fingerprint density at radius 1 is 1.05 bits per heavy atom. The Morgan fingerprint density at radius 2 is 1.82 bits per heavy atom. The van der Waals surface area contributed by atoms with Crippen molar-refractivity contribution in [3.05, 3.63) is 93.8 Å². The zero-order chi connectivity index (χ0) is 28.3. The molecule has 0 spiro atoms. The molecule has 12 nitrogen and oxygen atoms in total. The molecule has 3 aromatic rings. The fourth-order valence-corrected chi connectivity index (χ4v) is 4.29. The second-order valence-corrected chi connectivity index (χ2v) is 9.22. The summed E-state index contributed by atoms with van der Waals surface area (Å²) in [6.45, 7) is 4.82. The number of carbonyl (C=O) groups is 2. The minimum atomic E-state index is -0.557. The van der Waals surface area contributed by atoms with Gasteiger partial charge in [-0.25, -0.2) is 4.79 Å². The normalized spacial score (nSPS) is 13.5. The quantitative estimate of drug-likeness (QED) is 0.272. The number of anilines is 2. The number of alkyl carbamates (subject to hydrolysis) is 1. The van der Waals surface area contributed by atoms with Crippen LogP contribution < -0.4 is 15.5 Å². The van der Waals surface area contributed by atoms with Crippen LogP contribution in [0.3, 0.4) is 0 Å². The lowest BCUT2D eigenvalue weighted by molar-refractivity contribution is -0.384. The number of hydrogen-bond acceptors (Lipinski definition) is 9. The number of nitro groups is 1. The number of amides is 2. The molecule has 2 N–H and O–H groups in total. The van der Waals surface area contributed by atoms with Gasteiger partial charge in [0.15, 0.2) is 0 Å². The summed E-state index contributed by atoms with van der Waals surface area (Å²) in [5, 5.41) is 16.9. The van der Waals surface area contributed by atoms with E-state index in [1.165, 1.54) is 12.1 Å². The molecular formula is C28H32N6O6. The highest BCUT2D eigenvalue weighted by Crippen LogP contribution is 2.27. The van der Waals surface area contributed by atoms with E-state index >= 15 is 0 Å². The van der Waals surface area contributed by atoms with Gasteiger partial charge < -0.3 is 25.0 Å². The molecule has 2 amide bonds. The maximum absolute atomic E-state index is 13.3. The summed E-state index contributed by atoms with van der Waals surface area (Å²) in [5.41, 5.74) is 2.86. The van der Waals surface area contributed by atoms with Gasteiger partial charge in [0.2, 0.25) is 0 Å². The van der Waals surface area contributed by atoms with Crippen LogP contribution in [-0.4, -0.2) is 73.2 Å². The number of piperazine rings is 1. The number of non-ortho nitro benzene ring substituents is 1. The van der Waals surface area contributed by atoms with Gasteiger partial charge in [0.1, 0.15) is 6.61 Å². The number of methoxy groups -OCH3 is 1. The minimum Gasteiger partial charge on any atom is -0.445 e. The summed E-state index contributed by atoms with van der Waals surface area (Å²) >= 11 is 0. The van der Waals surface area contributed by atoms with E-state index in [9.17, 15) is 19.7 Å². The number of hydrogen-bond donors (Lipinski definition) is 2. The topological polar surface area (TPSA) is 139 Å². The van der Waals surface area contributed by atoms with Gasteiger partial charge in [-0.05, 0) is 29.8 Å². The molecule has 210 valence electrons. The highest BCUT2D eigenvalue weighted by Gasteiger charge is 2.24. The summed E-state index contributed by atoms with van der Waals surface area (Å²) in [6, 6.07) is 14.9. The molecule has 0 bridgehead atoms. The predicted octanol–water partition coefficient (Wildman–Crippen LogP) is 3.44. The van der Waals surface area contributed by atoms with Crippen molar-refractivity contribution in [3.63, 3.8) is 0 Å². The number of benzene rings is 2. The molecule has 4 rings (SSSR count). The van der Waals surface area contributed by atoms with Gasteiger partial charge in [0.25, 0.3) is 11.6 Å². The van der Waals surface area contributed by atoms with E-state index in [2.05, 4.69) is 25.4 Å². The van der Waals surface area contributed by atoms with Gasteiger partial charge in [-0.1, -0.05) is 18.2 Å². The smallest absolute Gasteiger partial charge is 0.407 e. The molecule has 0 radical (unpaired) electrons. The van der Waals surface area contributed by atoms with Crippen LogP contribution in [0.15, 0.2) is 67.0 Å². The third-order valence-corrected chi connectivity index (χ3v) is 6.50. The van der Waals surface area contributed by atoms with Gasteiger partial charge >= 0.3 is 6.09 Å². The zero-order valence-electron chi connectivity index (χ0n) is 22.2. The Hall–Kier alpha value is -4.55. The van der Waals surface area contributed by atoms with E-state index < -0.39 is 16.9 Å². The number of nitro benzene ring substituents is 1. The van der Waals surface area contributed by atoms with Crippen molar-refractivity contribution >= 4 is 29.1 Å². The standard InChI is InChI=1S/C28H32N6O6/c1-39-16-15-32-11-13-33(14-12-32)26-9-8-24(34(37)38)17-25(26)27(35)31-23-6-4-21(5-7-23)19-30-28(36)40-20-22-3-2-10-29-18-22/h2-10,17-18H,11-16,19-20H2,1H3,(H,30,36)(H,31,35). The zero-order valence-corrected chi connectivity index (χ0v) is 22.2. The van der Waals surface area contributed by atoms with Crippen LogP contribution in [0.5, 0.6) is 0 Å². The number of nitrogens with zero attached hydrogens (tertiary/aromatic N) is 4. The first-order valence-corrected chi connectivity index (χ1v) is 12.9. The van der Waals surface area contributed by atoms with Gasteiger partial charge in [-0.2, -0.15) is 0 Å². The Kier molecular flexibility index (Phi) is 9.97. The average Bonchev–Trinajstić information content (AvgIpc) is 2.99. The lowest BCUT2D eigenvalue weighted by Crippen LogP contribution is -2.47. The SMILES string of the molecule is COCCN1CCN(c2ccc([N+](=O)[O-])cc2C(=O)Nc2ccc(CNC(=O)OCc3cccnc3)cc2)CC1. The minimum absolute atomic E-state index is 0.119. The molecule has 12 heteroatoms. The molecule has 0 saturated carbocycles. The van der Waals surface area contributed by atoms with E-state index in [0.29, 0.717) is 31.1 Å². The van der Waals surface area contributed by atoms with E-state index in [4.69, 9.17) is 9.47 Å². The predicted molar refractivity (Wildman–Crippen MR) is 149 cm³/mol. The van der Waals surface area contributed by atoms with Crippen molar-refractivity contribution in [2.45, 2.75) is 13.2 Å². The van der Waals surface area contributed by atoms with Gasteiger partial charge in [-0.3, -0.25) is 24.8 Å². The molecule has 1 aromatic heterocycles. The Balaban J connectivity index is 1.35. The molecule has 1 aliphatic heterocycles. The van der Waals surface area contributed by atoms with Crippen molar-refractivity contribution < 1.29 is 24.0 Å². The Bertz CT molecular complexity index is 1300. The molecule has 0 unspecified atom stereocenters. The molecule has 1 saturated heterocycles. The van der Waals surface area contributed by atoms with Crippen LogP contribution in [0.4, 0.5) is 21.9 Å². The van der Waals surface area contributed by atoms with Crippen LogP contribution >= 0.6 is 0 Å². The summed E-state index contributed by atoms with van der Waals surface area (Å²) in [6.07, 6.45) is 2.71. The lowest BCUT2D eigenvalue weighted by Gasteiger charge is -2.36. The maximum Gasteiger partial charge on any atom is 0.407 e. The van der Waals surface area contributed by atoms with Gasteiger partial charge in [0, 0.05) is 82.2 Å². The first-order chi connectivity index (χ1) is 19.4. The third kappa shape index (κ3) is 7.98. The fraction of sp³-hybridized carbons (Fsp3) is 0.321. The first kappa shape index (κ1) is 28.5. The number of ether oxygens (including phenoxy) is 2. The summed E-state index contributed by atoms with van der Waals surface area (Å²) in [4.78, 5) is 44.5. The van der Waals surface area contributed by atoms with E-state index in [1.807, 2.05) is 6.07 Å². The van der Waals surface area contributed by atoms with Crippen LogP contribution in [-0.2, 0) is 22.6 Å². The number of pyridine rings is 1. The molecule has 0 atom stereocenters. The molecule has 2 heterocycles. The largest absolute Gasteiger partial charge is 0.445 e. The second-order valence-electron chi connectivity index (χ2n) is 9.22. The number of nitrogens with one attached hydrogen (secondary N) is 2. The Labute approximate surface area is 232 Å². The average molecular weight is 549 g/mol. The Morgan fingerprint density at radius 3 is 2.50 bits per heavy atom. The van der Waals surface area contributed by atoms with Crippen LogP contribution in [0.1, 0.15) is 21.5 Å². The number of rotatable bonds is 11. The number of aromatic nitrogens is 1. The lowest BCUT2D eigenvalue weighted by atomic mass is 10.1. The highest BCUT2D eigenvalue weighted by molar-refractivity contribution is 6.08. The molecular weight excluding hydrogens is 516 g/mol. The van der Waals surface area contributed by atoms with Crippen molar-refractivity contribution in [2.75, 3.05) is 56.7 Å². The molecule has 0 aliphatic carbocycles. The van der Waals surface area contributed by atoms with Crippen LogP contribution in [0.25, 0.3) is 0 Å². The summed E-state index contributed by atoms with van der Waals surface area (Å²) in [7, 11) is 1.67. The van der Waals surface area contributed by atoms with Crippen molar-refractivity contribution in [3.8, 4) is 0 Å². The number of carbonyl (C=O) groups excluding carboxylic acids is 2. The molecule has 1 fully saturated rings.